The van der Waals surface area contributed by atoms with Crippen molar-refractivity contribution in [1.82, 2.24) is 0 Å². The van der Waals surface area contributed by atoms with Crippen molar-refractivity contribution in [3.8, 4) is 17.2 Å². The van der Waals surface area contributed by atoms with E-state index in [4.69, 9.17) is 42.3 Å². The Morgan fingerprint density at radius 1 is 0.964 bits per heavy atom. The van der Waals surface area contributed by atoms with Gasteiger partial charge in [-0.3, -0.25) is 0 Å². The number of rotatable bonds is 23. The van der Waals surface area contributed by atoms with Crippen LogP contribution in [0.5, 0.6) is 17.2 Å². The summed E-state index contributed by atoms with van der Waals surface area (Å²) < 4.78 is 55.5. The average molecular weight is 803 g/mol. The first-order valence-corrected chi connectivity index (χ1v) is 23.3. The van der Waals surface area contributed by atoms with Crippen molar-refractivity contribution in [2.24, 2.45) is 11.8 Å². The molecule has 1 aliphatic rings. The zero-order valence-corrected chi connectivity index (χ0v) is 38.0. The summed E-state index contributed by atoms with van der Waals surface area (Å²) in [5, 5.41) is 12.7. The first-order chi connectivity index (χ1) is 26.4. The van der Waals surface area contributed by atoms with E-state index in [2.05, 4.69) is 73.7 Å². The van der Waals surface area contributed by atoms with Gasteiger partial charge in [-0.25, -0.2) is 0 Å². The fourth-order valence-electron chi connectivity index (χ4n) is 6.98. The van der Waals surface area contributed by atoms with Gasteiger partial charge in [-0.15, -0.1) is 0 Å². The molecule has 1 fully saturated rings. The summed E-state index contributed by atoms with van der Waals surface area (Å²) in [4.78, 5) is 0. The molecule has 2 aromatic rings. The van der Waals surface area contributed by atoms with E-state index in [1.54, 1.807) is 21.3 Å². The molecule has 0 aromatic heterocycles. The number of aliphatic hydroxyl groups is 1. The highest BCUT2D eigenvalue weighted by atomic mass is 28.4. The minimum absolute atomic E-state index is 0.0108. The normalized spacial score (nSPS) is 18.9. The van der Waals surface area contributed by atoms with Crippen molar-refractivity contribution in [2.45, 2.75) is 150 Å². The van der Waals surface area contributed by atoms with Crippen molar-refractivity contribution >= 4 is 8.32 Å². The molecule has 0 radical (unpaired) electrons. The maximum atomic E-state index is 12.8. The van der Waals surface area contributed by atoms with Crippen LogP contribution in [0.1, 0.15) is 116 Å². The van der Waals surface area contributed by atoms with Gasteiger partial charge in [0.05, 0.1) is 50.8 Å². The second-order valence-electron chi connectivity index (χ2n) is 17.3. The number of aliphatic hydroxyl groups excluding tert-OH is 1. The van der Waals surface area contributed by atoms with Crippen LogP contribution >= 0.6 is 0 Å². The molecule has 56 heavy (non-hydrogen) atoms. The summed E-state index contributed by atoms with van der Waals surface area (Å²) in [6.07, 6.45) is 4.35. The molecule has 1 saturated heterocycles. The Bertz CT molecular complexity index is 1500. The molecule has 4 atom stereocenters. The molecule has 0 aliphatic carbocycles. The lowest BCUT2D eigenvalue weighted by Gasteiger charge is -2.45. The van der Waals surface area contributed by atoms with Crippen LogP contribution in [-0.2, 0) is 47.7 Å². The number of ether oxygens (including phenoxy) is 8. The Balaban J connectivity index is 2.10. The SMILES string of the molecule is CC/C=C(\COCc1ccc(OC)cc1)[C@H]1C[C@H]([C@H](CCC)C(O)c2cc(CC(C)C)c(OCOC)c(CO[Si](C)(C)C(C)(C)C)c2OCOC)OC(C)(C)O1. The number of benzene rings is 2. The van der Waals surface area contributed by atoms with Gasteiger partial charge >= 0.3 is 0 Å². The van der Waals surface area contributed by atoms with E-state index in [-0.39, 0.29) is 43.4 Å². The summed E-state index contributed by atoms with van der Waals surface area (Å²) >= 11 is 0. The standard InChI is InChI=1S/C45H74O10Si/c1-15-17-33(27-50-26-32-19-21-35(49-12)22-20-32)39-25-40(55-45(8,9)54-39)36(18-16-2)41(46)37-24-34(23-31(3)4)42(51-29-47-10)38(43(37)52-30-48-11)28-53-56(13,14)44(5,6)7/h17,19-22,24,31,36,39-41,46H,15-16,18,23,25-30H2,1-14H3/b33-17+/t36-,39+,40+,41?/m0/s1. The van der Waals surface area contributed by atoms with Gasteiger partial charge in [0.15, 0.2) is 27.7 Å². The third-order valence-corrected chi connectivity index (χ3v) is 15.3. The zero-order valence-electron chi connectivity index (χ0n) is 37.0. The van der Waals surface area contributed by atoms with E-state index in [1.165, 1.54) is 0 Å². The van der Waals surface area contributed by atoms with Gasteiger partial charge in [0, 0.05) is 32.1 Å². The molecular formula is C45H74O10Si. The van der Waals surface area contributed by atoms with Crippen LogP contribution in [0.15, 0.2) is 42.0 Å². The number of hydrogen-bond donors (Lipinski definition) is 1. The van der Waals surface area contributed by atoms with E-state index in [0.29, 0.717) is 42.6 Å². The van der Waals surface area contributed by atoms with E-state index in [1.807, 2.05) is 38.1 Å². The number of methoxy groups -OCH3 is 3. The molecule has 0 saturated carbocycles. The van der Waals surface area contributed by atoms with Gasteiger partial charge in [0.2, 0.25) is 0 Å². The van der Waals surface area contributed by atoms with Gasteiger partial charge in [-0.05, 0) is 92.1 Å². The molecular weight excluding hydrogens is 729 g/mol. The second-order valence-corrected chi connectivity index (χ2v) is 22.1. The topological polar surface area (TPSA) is 103 Å². The van der Waals surface area contributed by atoms with E-state index >= 15 is 0 Å². The summed E-state index contributed by atoms with van der Waals surface area (Å²) in [5.41, 5.74) is 4.52. The largest absolute Gasteiger partial charge is 0.497 e. The Morgan fingerprint density at radius 2 is 1.61 bits per heavy atom. The minimum atomic E-state index is -2.22. The molecule has 318 valence electrons. The molecule has 2 aromatic carbocycles. The molecule has 11 heteroatoms. The smallest absolute Gasteiger partial charge is 0.192 e. The fourth-order valence-corrected chi connectivity index (χ4v) is 7.92. The van der Waals surface area contributed by atoms with E-state index in [0.717, 1.165) is 53.7 Å². The lowest BCUT2D eigenvalue weighted by atomic mass is 9.81. The highest BCUT2D eigenvalue weighted by Gasteiger charge is 2.44. The summed E-state index contributed by atoms with van der Waals surface area (Å²) in [6, 6.07) is 9.97. The first kappa shape index (κ1) is 47.9. The van der Waals surface area contributed by atoms with Gasteiger partial charge in [-0.1, -0.05) is 73.1 Å². The van der Waals surface area contributed by atoms with Gasteiger partial charge in [0.1, 0.15) is 17.2 Å². The first-order valence-electron chi connectivity index (χ1n) is 20.4. The molecule has 1 N–H and O–H groups in total. The van der Waals surface area contributed by atoms with E-state index < -0.39 is 20.2 Å². The van der Waals surface area contributed by atoms with Crippen molar-refractivity contribution in [3.05, 3.63) is 64.2 Å². The van der Waals surface area contributed by atoms with Crippen molar-refractivity contribution in [1.29, 1.82) is 0 Å². The molecule has 1 unspecified atom stereocenters. The van der Waals surface area contributed by atoms with Crippen LogP contribution in [-0.4, -0.2) is 72.9 Å². The third kappa shape index (κ3) is 13.5. The average Bonchev–Trinajstić information content (AvgIpc) is 3.13. The maximum Gasteiger partial charge on any atom is 0.192 e. The number of allylic oxidation sites excluding steroid dienone is 1. The highest BCUT2D eigenvalue weighted by molar-refractivity contribution is 6.74. The van der Waals surface area contributed by atoms with Crippen molar-refractivity contribution in [3.63, 3.8) is 0 Å². The van der Waals surface area contributed by atoms with Crippen molar-refractivity contribution in [2.75, 3.05) is 41.5 Å². The maximum absolute atomic E-state index is 12.8. The van der Waals surface area contributed by atoms with Crippen LogP contribution in [0.25, 0.3) is 0 Å². The highest BCUT2D eigenvalue weighted by Crippen LogP contribution is 2.47. The molecule has 0 amide bonds. The summed E-state index contributed by atoms with van der Waals surface area (Å²) in [7, 11) is 2.65. The monoisotopic (exact) mass is 803 g/mol. The zero-order chi connectivity index (χ0) is 41.7. The third-order valence-electron chi connectivity index (χ3n) is 10.8. The predicted octanol–water partition coefficient (Wildman–Crippen LogP) is 10.3. The molecule has 1 aliphatic heterocycles. The fraction of sp³-hybridized carbons (Fsp3) is 0.689. The molecule has 1 heterocycles. The summed E-state index contributed by atoms with van der Waals surface area (Å²) in [5.74, 6) is 1.12. The Labute approximate surface area is 339 Å². The molecule has 10 nitrogen and oxygen atoms in total. The Kier molecular flexibility index (Phi) is 18.9. The van der Waals surface area contributed by atoms with Crippen LogP contribution in [0.3, 0.4) is 0 Å². The van der Waals surface area contributed by atoms with Gasteiger partial charge in [0.25, 0.3) is 0 Å². The van der Waals surface area contributed by atoms with Crippen LogP contribution < -0.4 is 14.2 Å². The molecule has 0 spiro atoms. The van der Waals surface area contributed by atoms with Crippen molar-refractivity contribution < 1.29 is 47.4 Å². The Hall–Kier alpha value is -2.48. The van der Waals surface area contributed by atoms with Crippen LogP contribution in [0, 0.1) is 11.8 Å². The second kappa shape index (κ2) is 22.0. The van der Waals surface area contributed by atoms with Crippen LogP contribution in [0.2, 0.25) is 18.1 Å². The lowest BCUT2D eigenvalue weighted by Crippen LogP contribution is -2.49. The summed E-state index contributed by atoms with van der Waals surface area (Å²) in [6.45, 7) is 24.8. The quantitative estimate of drug-likeness (QED) is 0.0664. The minimum Gasteiger partial charge on any atom is -0.497 e. The van der Waals surface area contributed by atoms with Gasteiger partial charge in [-0.2, -0.15) is 0 Å². The predicted molar refractivity (Wildman–Crippen MR) is 225 cm³/mol. The van der Waals surface area contributed by atoms with E-state index in [9.17, 15) is 5.11 Å². The van der Waals surface area contributed by atoms with Crippen LogP contribution in [0.4, 0.5) is 0 Å². The Morgan fingerprint density at radius 3 is 2.16 bits per heavy atom. The lowest BCUT2D eigenvalue weighted by molar-refractivity contribution is -0.306. The van der Waals surface area contributed by atoms with Gasteiger partial charge < -0.3 is 47.4 Å². The molecule has 3 rings (SSSR count). The molecule has 0 bridgehead atoms. The number of hydrogen-bond acceptors (Lipinski definition) is 10.